The molecule has 180 valence electrons. The van der Waals surface area contributed by atoms with Gasteiger partial charge in [-0.3, -0.25) is 4.79 Å². The highest BCUT2D eigenvalue weighted by atomic mass is 16.5. The lowest BCUT2D eigenvalue weighted by molar-refractivity contribution is -0.148. The van der Waals surface area contributed by atoms with Gasteiger partial charge in [0.2, 0.25) is 5.91 Å². The molecule has 3 N–H and O–H groups in total. The third kappa shape index (κ3) is 5.07. The number of rotatable bonds is 9. The van der Waals surface area contributed by atoms with Crippen LogP contribution < -0.4 is 10.6 Å². The Balaban J connectivity index is 1.39. The van der Waals surface area contributed by atoms with Crippen LogP contribution in [0.2, 0.25) is 0 Å². The van der Waals surface area contributed by atoms with E-state index in [1.807, 2.05) is 43.3 Å². The van der Waals surface area contributed by atoms with Gasteiger partial charge in [-0.15, -0.1) is 0 Å². The fraction of sp³-hybridized carbons (Fsp3) is 0.423. The van der Waals surface area contributed by atoms with E-state index >= 15 is 0 Å². The lowest BCUT2D eigenvalue weighted by Gasteiger charge is -2.22. The van der Waals surface area contributed by atoms with E-state index in [0.717, 1.165) is 35.1 Å². The van der Waals surface area contributed by atoms with Gasteiger partial charge in [0, 0.05) is 12.5 Å². The minimum atomic E-state index is -1.11. The highest BCUT2D eigenvalue weighted by molar-refractivity contribution is 5.87. The molecule has 0 radical (unpaired) electrons. The number of benzene rings is 2. The maximum absolute atomic E-state index is 12.9. The first kappa shape index (κ1) is 23.8. The molecular weight excluding hydrogens is 436 g/mol. The van der Waals surface area contributed by atoms with Crippen molar-refractivity contribution in [2.45, 2.75) is 56.7 Å². The van der Waals surface area contributed by atoms with Crippen molar-refractivity contribution in [3.8, 4) is 11.1 Å². The maximum atomic E-state index is 12.9. The molecule has 4 rings (SSSR count). The van der Waals surface area contributed by atoms with E-state index in [-0.39, 0.29) is 19.1 Å². The SMILES string of the molecule is CCCC[C@H](NC(=O)OCC1c2ccccc2-c2ccccc21)C(=O)NC1CCOC1C(=O)O. The molecule has 0 bridgehead atoms. The minimum Gasteiger partial charge on any atom is -0.479 e. The molecule has 0 aromatic heterocycles. The summed E-state index contributed by atoms with van der Waals surface area (Å²) in [5, 5.41) is 14.7. The number of carbonyl (C=O) groups is 3. The molecular formula is C26H30N2O6. The summed E-state index contributed by atoms with van der Waals surface area (Å²) in [6.07, 6.45) is 0.665. The molecule has 2 aromatic carbocycles. The summed E-state index contributed by atoms with van der Waals surface area (Å²) in [6.45, 7) is 2.41. The molecule has 2 amide bonds. The van der Waals surface area contributed by atoms with E-state index < -0.39 is 36.2 Å². The molecule has 1 fully saturated rings. The van der Waals surface area contributed by atoms with Gasteiger partial charge in [0.05, 0.1) is 6.04 Å². The number of aliphatic carboxylic acids is 1. The van der Waals surface area contributed by atoms with Crippen molar-refractivity contribution in [2.24, 2.45) is 0 Å². The van der Waals surface area contributed by atoms with Gasteiger partial charge in [-0.05, 0) is 35.1 Å². The Morgan fingerprint density at radius 1 is 1.09 bits per heavy atom. The first-order valence-corrected chi connectivity index (χ1v) is 11.8. The highest BCUT2D eigenvalue weighted by Gasteiger charge is 2.37. The zero-order chi connectivity index (χ0) is 24.1. The van der Waals surface area contributed by atoms with Crippen LogP contribution in [0.5, 0.6) is 0 Å². The average Bonchev–Trinajstić information content (AvgIpc) is 3.43. The second-order valence-corrected chi connectivity index (χ2v) is 8.70. The number of nitrogens with one attached hydrogen (secondary N) is 2. The molecule has 0 spiro atoms. The molecule has 2 aliphatic rings. The molecule has 8 heteroatoms. The largest absolute Gasteiger partial charge is 0.479 e. The van der Waals surface area contributed by atoms with E-state index in [2.05, 4.69) is 22.8 Å². The fourth-order valence-electron chi connectivity index (χ4n) is 4.72. The number of alkyl carbamates (subject to hydrolysis) is 1. The number of hydrogen-bond donors (Lipinski definition) is 3. The van der Waals surface area contributed by atoms with E-state index in [1.165, 1.54) is 0 Å². The Morgan fingerprint density at radius 2 is 1.74 bits per heavy atom. The molecule has 2 aromatic rings. The third-order valence-corrected chi connectivity index (χ3v) is 6.46. The first-order valence-electron chi connectivity index (χ1n) is 11.8. The summed E-state index contributed by atoms with van der Waals surface area (Å²) in [4.78, 5) is 36.9. The van der Waals surface area contributed by atoms with E-state index in [9.17, 15) is 19.5 Å². The van der Waals surface area contributed by atoms with Crippen LogP contribution in [0.3, 0.4) is 0 Å². The predicted molar refractivity (Wildman–Crippen MR) is 125 cm³/mol. The van der Waals surface area contributed by atoms with Gasteiger partial charge >= 0.3 is 12.1 Å². The molecule has 1 aliphatic carbocycles. The van der Waals surface area contributed by atoms with Crippen molar-refractivity contribution < 1.29 is 29.0 Å². The molecule has 1 saturated heterocycles. The molecule has 3 atom stereocenters. The number of carbonyl (C=O) groups excluding carboxylic acids is 2. The number of carboxylic acid groups (broad SMARTS) is 1. The summed E-state index contributed by atoms with van der Waals surface area (Å²) in [6, 6.07) is 14.7. The Bertz CT molecular complexity index is 1010. The summed E-state index contributed by atoms with van der Waals surface area (Å²) in [5.74, 6) is -1.62. The average molecular weight is 467 g/mol. The summed E-state index contributed by atoms with van der Waals surface area (Å²) >= 11 is 0. The van der Waals surface area contributed by atoms with Gasteiger partial charge in [0.25, 0.3) is 0 Å². The molecule has 8 nitrogen and oxygen atoms in total. The second-order valence-electron chi connectivity index (χ2n) is 8.70. The van der Waals surface area contributed by atoms with Gasteiger partial charge in [-0.25, -0.2) is 9.59 Å². The second kappa shape index (κ2) is 10.7. The lowest BCUT2D eigenvalue weighted by Crippen LogP contribution is -2.52. The Kier molecular flexibility index (Phi) is 7.47. The van der Waals surface area contributed by atoms with Crippen LogP contribution in [0.15, 0.2) is 48.5 Å². The van der Waals surface area contributed by atoms with Gasteiger partial charge in [0.1, 0.15) is 12.6 Å². The number of carboxylic acids is 1. The molecule has 1 heterocycles. The van der Waals surface area contributed by atoms with Crippen LogP contribution in [0.1, 0.15) is 49.7 Å². The van der Waals surface area contributed by atoms with E-state index in [1.54, 1.807) is 0 Å². The standard InChI is InChI=1S/C26H30N2O6/c1-2-3-12-22(24(29)27-21-13-14-33-23(21)25(30)31)28-26(32)34-15-20-18-10-6-4-8-16(18)17-9-5-7-11-19(17)20/h4-11,20-23H,2-3,12-15H2,1H3,(H,27,29)(H,28,32)(H,30,31)/t21?,22-,23?/m0/s1. The first-order chi connectivity index (χ1) is 16.5. The Hall–Kier alpha value is -3.39. The van der Waals surface area contributed by atoms with Crippen LogP contribution in [0.25, 0.3) is 11.1 Å². The van der Waals surface area contributed by atoms with Crippen LogP contribution in [0, 0.1) is 0 Å². The molecule has 0 saturated carbocycles. The van der Waals surface area contributed by atoms with Crippen LogP contribution in [-0.2, 0) is 19.1 Å². The van der Waals surface area contributed by atoms with E-state index in [0.29, 0.717) is 12.8 Å². The third-order valence-electron chi connectivity index (χ3n) is 6.46. The molecule has 2 unspecified atom stereocenters. The number of unbranched alkanes of at least 4 members (excludes halogenated alkanes) is 1. The number of fused-ring (bicyclic) bond motifs is 3. The van der Waals surface area contributed by atoms with Gasteiger partial charge in [-0.2, -0.15) is 0 Å². The van der Waals surface area contributed by atoms with Crippen LogP contribution in [0.4, 0.5) is 4.79 Å². The normalized spacial score (nSPS) is 19.7. The topological polar surface area (TPSA) is 114 Å². The summed E-state index contributed by atoms with van der Waals surface area (Å²) in [5.41, 5.74) is 4.49. The van der Waals surface area contributed by atoms with Crippen molar-refractivity contribution >= 4 is 18.0 Å². The minimum absolute atomic E-state index is 0.0759. The highest BCUT2D eigenvalue weighted by Crippen LogP contribution is 2.44. The van der Waals surface area contributed by atoms with Crippen molar-refractivity contribution in [3.05, 3.63) is 59.7 Å². The molecule has 34 heavy (non-hydrogen) atoms. The Labute approximate surface area is 198 Å². The van der Waals surface area contributed by atoms with Gasteiger partial charge < -0.3 is 25.2 Å². The van der Waals surface area contributed by atoms with Crippen molar-refractivity contribution in [2.75, 3.05) is 13.2 Å². The number of ether oxygens (including phenoxy) is 2. The fourth-order valence-corrected chi connectivity index (χ4v) is 4.72. The quantitative estimate of drug-likeness (QED) is 0.522. The predicted octanol–water partition coefficient (Wildman–Crippen LogP) is 3.44. The molecule has 1 aliphatic heterocycles. The van der Waals surface area contributed by atoms with Crippen LogP contribution >= 0.6 is 0 Å². The monoisotopic (exact) mass is 466 g/mol. The van der Waals surface area contributed by atoms with Crippen LogP contribution in [-0.4, -0.2) is 54.5 Å². The number of hydrogen-bond acceptors (Lipinski definition) is 5. The Morgan fingerprint density at radius 3 is 2.35 bits per heavy atom. The summed E-state index contributed by atoms with van der Waals surface area (Å²) < 4.78 is 10.8. The maximum Gasteiger partial charge on any atom is 0.407 e. The van der Waals surface area contributed by atoms with Crippen molar-refractivity contribution in [3.63, 3.8) is 0 Å². The number of amides is 2. The van der Waals surface area contributed by atoms with Gasteiger partial charge in [-0.1, -0.05) is 68.3 Å². The van der Waals surface area contributed by atoms with Crippen molar-refractivity contribution in [1.29, 1.82) is 0 Å². The smallest absolute Gasteiger partial charge is 0.407 e. The lowest BCUT2D eigenvalue weighted by atomic mass is 9.98. The van der Waals surface area contributed by atoms with Gasteiger partial charge in [0.15, 0.2) is 6.10 Å². The summed E-state index contributed by atoms with van der Waals surface area (Å²) in [7, 11) is 0. The van der Waals surface area contributed by atoms with Crippen molar-refractivity contribution in [1.82, 2.24) is 10.6 Å². The zero-order valence-electron chi connectivity index (χ0n) is 19.2. The zero-order valence-corrected chi connectivity index (χ0v) is 19.2. The van der Waals surface area contributed by atoms with E-state index in [4.69, 9.17) is 9.47 Å².